The largest absolute Gasteiger partial charge is 0.506 e. The van der Waals surface area contributed by atoms with Crippen LogP contribution < -0.4 is 5.32 Å². The molecular weight excluding hydrogens is 377 g/mol. The molecule has 1 amide bonds. The zero-order valence-corrected chi connectivity index (χ0v) is 13.0. The van der Waals surface area contributed by atoms with Crippen molar-refractivity contribution >= 4 is 45.8 Å². The lowest BCUT2D eigenvalue weighted by atomic mass is 10.1. The Morgan fingerprint density at radius 2 is 2.00 bits per heavy atom. The number of anilines is 1. The van der Waals surface area contributed by atoms with Crippen LogP contribution in [0.4, 0.5) is 5.69 Å². The lowest BCUT2D eigenvalue weighted by Crippen LogP contribution is -2.13. The van der Waals surface area contributed by atoms with Gasteiger partial charge in [-0.1, -0.05) is 17.7 Å². The molecule has 2 aromatic carbocycles. The molecule has 0 bridgehead atoms. The summed E-state index contributed by atoms with van der Waals surface area (Å²) >= 11 is 7.90. The van der Waals surface area contributed by atoms with Crippen LogP contribution in [0.15, 0.2) is 36.4 Å². The second kappa shape index (κ2) is 5.79. The van der Waals surface area contributed by atoms with E-state index in [-0.39, 0.29) is 11.7 Å². The Balaban J connectivity index is 2.28. The maximum absolute atomic E-state index is 12.1. The first-order valence-corrected chi connectivity index (χ1v) is 6.99. The highest BCUT2D eigenvalue weighted by Crippen LogP contribution is 2.25. The number of aryl methyl sites for hydroxylation is 1. The normalized spacial score (nSPS) is 10.3. The van der Waals surface area contributed by atoms with Crippen LogP contribution in [0, 0.1) is 10.5 Å². The second-order valence-electron chi connectivity index (χ2n) is 4.10. The Morgan fingerprint density at radius 1 is 1.26 bits per heavy atom. The minimum Gasteiger partial charge on any atom is -0.506 e. The van der Waals surface area contributed by atoms with Crippen LogP contribution in [0.25, 0.3) is 0 Å². The first-order chi connectivity index (χ1) is 8.97. The molecule has 0 saturated heterocycles. The highest BCUT2D eigenvalue weighted by atomic mass is 127. The van der Waals surface area contributed by atoms with E-state index in [2.05, 4.69) is 27.9 Å². The molecule has 2 rings (SSSR count). The molecule has 19 heavy (non-hydrogen) atoms. The highest BCUT2D eigenvalue weighted by Gasteiger charge is 2.12. The Morgan fingerprint density at radius 3 is 2.68 bits per heavy atom. The lowest BCUT2D eigenvalue weighted by molar-refractivity contribution is 0.102. The van der Waals surface area contributed by atoms with Gasteiger partial charge in [-0.05, 0) is 65.4 Å². The molecule has 0 aliphatic heterocycles. The van der Waals surface area contributed by atoms with Gasteiger partial charge in [0.1, 0.15) is 5.75 Å². The topological polar surface area (TPSA) is 49.3 Å². The van der Waals surface area contributed by atoms with Crippen LogP contribution in [0.5, 0.6) is 5.75 Å². The van der Waals surface area contributed by atoms with E-state index in [1.807, 2.05) is 6.92 Å². The SMILES string of the molecule is Cc1ccc(O)c(NC(=O)c2ccc(Cl)cc2I)c1. The third-order valence-corrected chi connectivity index (χ3v) is 3.70. The van der Waals surface area contributed by atoms with Crippen LogP contribution in [-0.2, 0) is 0 Å². The predicted octanol–water partition coefficient (Wildman–Crippen LogP) is 4.21. The minimum atomic E-state index is -0.276. The van der Waals surface area contributed by atoms with Crippen molar-refractivity contribution in [2.45, 2.75) is 6.92 Å². The molecule has 0 spiro atoms. The van der Waals surface area contributed by atoms with Crippen molar-refractivity contribution < 1.29 is 9.90 Å². The zero-order chi connectivity index (χ0) is 14.0. The van der Waals surface area contributed by atoms with E-state index in [0.717, 1.165) is 9.13 Å². The Hall–Kier alpha value is -1.27. The Kier molecular flexibility index (Phi) is 4.31. The third-order valence-electron chi connectivity index (χ3n) is 2.58. The summed E-state index contributed by atoms with van der Waals surface area (Å²) in [6.45, 7) is 1.89. The van der Waals surface area contributed by atoms with Crippen LogP contribution in [0.3, 0.4) is 0 Å². The molecule has 0 aliphatic carbocycles. The molecule has 98 valence electrons. The minimum absolute atomic E-state index is 0.0444. The van der Waals surface area contributed by atoms with Gasteiger partial charge in [-0.2, -0.15) is 0 Å². The predicted molar refractivity (Wildman–Crippen MR) is 85.0 cm³/mol. The maximum atomic E-state index is 12.1. The lowest BCUT2D eigenvalue weighted by Gasteiger charge is -2.09. The molecule has 3 nitrogen and oxygen atoms in total. The summed E-state index contributed by atoms with van der Waals surface area (Å²) in [7, 11) is 0. The van der Waals surface area contributed by atoms with Gasteiger partial charge in [-0.3, -0.25) is 4.79 Å². The van der Waals surface area contributed by atoms with Gasteiger partial charge >= 0.3 is 0 Å². The standard InChI is InChI=1S/C14H11ClINO2/c1-8-2-5-13(18)12(6-8)17-14(19)10-4-3-9(15)7-11(10)16/h2-7,18H,1H3,(H,17,19). The third kappa shape index (κ3) is 3.39. The number of nitrogens with one attached hydrogen (secondary N) is 1. The molecule has 0 atom stereocenters. The fourth-order valence-corrected chi connectivity index (χ4v) is 2.73. The van der Waals surface area contributed by atoms with Gasteiger partial charge < -0.3 is 10.4 Å². The molecule has 0 unspecified atom stereocenters. The molecule has 0 aliphatic rings. The summed E-state index contributed by atoms with van der Waals surface area (Å²) in [6, 6.07) is 10.1. The molecular formula is C14H11ClINO2. The number of halogens is 2. The highest BCUT2D eigenvalue weighted by molar-refractivity contribution is 14.1. The monoisotopic (exact) mass is 387 g/mol. The summed E-state index contributed by atoms with van der Waals surface area (Å²) in [5.41, 5.74) is 1.88. The fraction of sp³-hybridized carbons (Fsp3) is 0.0714. The molecule has 0 aromatic heterocycles. The number of hydrogen-bond acceptors (Lipinski definition) is 2. The summed E-state index contributed by atoms with van der Waals surface area (Å²) in [5, 5.41) is 13.0. The first kappa shape index (κ1) is 14.1. The van der Waals surface area contributed by atoms with Crippen molar-refractivity contribution in [2.75, 3.05) is 5.32 Å². The van der Waals surface area contributed by atoms with Crippen molar-refractivity contribution in [2.24, 2.45) is 0 Å². The number of phenols is 1. The van der Waals surface area contributed by atoms with E-state index in [0.29, 0.717) is 16.3 Å². The number of benzene rings is 2. The Labute approximate surface area is 129 Å². The molecule has 0 saturated carbocycles. The van der Waals surface area contributed by atoms with E-state index in [4.69, 9.17) is 11.6 Å². The quantitative estimate of drug-likeness (QED) is 0.599. The number of aromatic hydroxyl groups is 1. The summed E-state index contributed by atoms with van der Waals surface area (Å²) in [5.74, 6) is -0.232. The van der Waals surface area contributed by atoms with Gasteiger partial charge in [0.2, 0.25) is 0 Å². The summed E-state index contributed by atoms with van der Waals surface area (Å²) < 4.78 is 0.759. The number of rotatable bonds is 2. The van der Waals surface area contributed by atoms with E-state index >= 15 is 0 Å². The zero-order valence-electron chi connectivity index (χ0n) is 10.1. The van der Waals surface area contributed by atoms with E-state index in [9.17, 15) is 9.90 Å². The van der Waals surface area contributed by atoms with E-state index in [1.165, 1.54) is 0 Å². The van der Waals surface area contributed by atoms with Crippen LogP contribution in [0.1, 0.15) is 15.9 Å². The number of phenolic OH excluding ortho intramolecular Hbond substituents is 1. The Bertz CT molecular complexity index is 643. The van der Waals surface area contributed by atoms with Crippen molar-refractivity contribution in [3.05, 3.63) is 56.1 Å². The van der Waals surface area contributed by atoms with Crippen molar-refractivity contribution in [1.29, 1.82) is 0 Å². The molecule has 2 N–H and O–H groups in total. The fourth-order valence-electron chi connectivity index (χ4n) is 1.61. The van der Waals surface area contributed by atoms with Gasteiger partial charge in [0, 0.05) is 8.59 Å². The summed E-state index contributed by atoms with van der Waals surface area (Å²) in [4.78, 5) is 12.1. The molecule has 0 heterocycles. The van der Waals surface area contributed by atoms with Crippen molar-refractivity contribution in [1.82, 2.24) is 0 Å². The number of hydrogen-bond donors (Lipinski definition) is 2. The first-order valence-electron chi connectivity index (χ1n) is 5.53. The number of carbonyl (C=O) groups is 1. The number of carbonyl (C=O) groups excluding carboxylic acids is 1. The van der Waals surface area contributed by atoms with E-state index < -0.39 is 0 Å². The average Bonchev–Trinajstić information content (AvgIpc) is 2.33. The molecule has 2 aromatic rings. The van der Waals surface area contributed by atoms with Gasteiger partial charge in [0.05, 0.1) is 11.3 Å². The van der Waals surface area contributed by atoms with Gasteiger partial charge in [0.15, 0.2) is 0 Å². The second-order valence-corrected chi connectivity index (χ2v) is 5.70. The number of amides is 1. The van der Waals surface area contributed by atoms with Gasteiger partial charge in [-0.25, -0.2) is 0 Å². The average molecular weight is 388 g/mol. The van der Waals surface area contributed by atoms with Crippen LogP contribution in [0.2, 0.25) is 5.02 Å². The summed E-state index contributed by atoms with van der Waals surface area (Å²) in [6.07, 6.45) is 0. The maximum Gasteiger partial charge on any atom is 0.256 e. The van der Waals surface area contributed by atoms with Gasteiger partial charge in [-0.15, -0.1) is 0 Å². The molecule has 0 fully saturated rings. The molecule has 5 heteroatoms. The van der Waals surface area contributed by atoms with Crippen molar-refractivity contribution in [3.8, 4) is 5.75 Å². The smallest absolute Gasteiger partial charge is 0.256 e. The van der Waals surface area contributed by atoms with Crippen LogP contribution in [-0.4, -0.2) is 11.0 Å². The van der Waals surface area contributed by atoms with E-state index in [1.54, 1.807) is 36.4 Å². The van der Waals surface area contributed by atoms with Crippen LogP contribution >= 0.6 is 34.2 Å². The van der Waals surface area contributed by atoms with Gasteiger partial charge in [0.25, 0.3) is 5.91 Å². The van der Waals surface area contributed by atoms with Crippen molar-refractivity contribution in [3.63, 3.8) is 0 Å². The molecule has 0 radical (unpaired) electrons.